The quantitative estimate of drug-likeness (QED) is 0.197. The van der Waals surface area contributed by atoms with Gasteiger partial charge in [-0.3, -0.25) is 19.2 Å². The fourth-order valence-corrected chi connectivity index (χ4v) is 7.38. The molecule has 9 nitrogen and oxygen atoms in total. The van der Waals surface area contributed by atoms with Gasteiger partial charge in [-0.05, 0) is 97.5 Å². The highest BCUT2D eigenvalue weighted by Crippen LogP contribution is 2.35. The second-order valence-electron chi connectivity index (χ2n) is 14.2. The molecule has 0 aliphatic carbocycles. The van der Waals surface area contributed by atoms with Crippen molar-refractivity contribution in [3.63, 3.8) is 0 Å². The van der Waals surface area contributed by atoms with E-state index in [0.29, 0.717) is 44.1 Å². The zero-order valence-electron chi connectivity index (χ0n) is 30.3. The van der Waals surface area contributed by atoms with E-state index in [-0.39, 0.29) is 29.7 Å². The topological polar surface area (TPSA) is 102 Å². The van der Waals surface area contributed by atoms with Gasteiger partial charge >= 0.3 is 0 Å². The Balaban J connectivity index is 1.37. The Hall–Kier alpha value is -4.66. The molecule has 3 aromatic rings. The van der Waals surface area contributed by atoms with E-state index in [4.69, 9.17) is 0 Å². The first-order valence-electron chi connectivity index (χ1n) is 18.2. The molecule has 3 aromatic carbocycles. The molecule has 0 saturated carbocycles. The van der Waals surface area contributed by atoms with Crippen molar-refractivity contribution >= 4 is 40.7 Å². The van der Waals surface area contributed by atoms with Gasteiger partial charge in [-0.25, -0.2) is 0 Å². The van der Waals surface area contributed by atoms with Crippen molar-refractivity contribution in [2.75, 3.05) is 28.6 Å². The van der Waals surface area contributed by atoms with Crippen LogP contribution in [0, 0.1) is 5.92 Å². The lowest BCUT2D eigenvalue weighted by atomic mass is 9.94. The van der Waals surface area contributed by atoms with Gasteiger partial charge in [0.2, 0.25) is 23.6 Å². The molecular formula is C41H53N5O4. The lowest BCUT2D eigenvalue weighted by Crippen LogP contribution is -2.42. The van der Waals surface area contributed by atoms with Gasteiger partial charge in [0.25, 0.3) is 0 Å². The second-order valence-corrected chi connectivity index (χ2v) is 14.2. The predicted molar refractivity (Wildman–Crippen MR) is 200 cm³/mol. The van der Waals surface area contributed by atoms with Crippen molar-refractivity contribution in [3.05, 3.63) is 89.5 Å². The summed E-state index contributed by atoms with van der Waals surface area (Å²) in [7, 11) is 0. The standard InChI is InChI=1S/C41H53N5O4/c1-6-9-31-14-22-36(23-15-31)46(27-32-12-18-34(19-13-32)42-40(49)37-10-7-24-44(37)29(4)47)39(26-28(2)3)33-16-20-35(21-17-33)43-41(50)38-11-8-25-45(38)30(5)48/h12-23,28,37-39H,6-11,24-27H2,1-5H3,(H,42,49)(H,43,50). The molecule has 4 amide bonds. The van der Waals surface area contributed by atoms with Crippen molar-refractivity contribution < 1.29 is 19.2 Å². The summed E-state index contributed by atoms with van der Waals surface area (Å²) in [6.07, 6.45) is 6.07. The molecule has 9 heteroatoms. The molecule has 2 saturated heterocycles. The summed E-state index contributed by atoms with van der Waals surface area (Å²) in [5.41, 5.74) is 6.13. The Labute approximate surface area is 297 Å². The lowest BCUT2D eigenvalue weighted by Gasteiger charge is -2.36. The summed E-state index contributed by atoms with van der Waals surface area (Å²) in [4.78, 5) is 55.9. The number of nitrogens with zero attached hydrogens (tertiary/aromatic N) is 3. The van der Waals surface area contributed by atoms with Crippen LogP contribution in [0.2, 0.25) is 0 Å². The van der Waals surface area contributed by atoms with E-state index in [1.807, 2.05) is 24.3 Å². The molecule has 2 fully saturated rings. The summed E-state index contributed by atoms with van der Waals surface area (Å²) >= 11 is 0. The van der Waals surface area contributed by atoms with E-state index in [9.17, 15) is 19.2 Å². The Bertz CT molecular complexity index is 1620. The Kier molecular flexibility index (Phi) is 12.3. The largest absolute Gasteiger partial charge is 0.360 e. The molecule has 2 N–H and O–H groups in total. The number of rotatable bonds is 13. The number of aryl methyl sites for hydroxylation is 1. The Morgan fingerprint density at radius 2 is 1.20 bits per heavy atom. The van der Waals surface area contributed by atoms with Gasteiger partial charge in [0.05, 0.1) is 6.04 Å². The average molecular weight is 680 g/mol. The fraction of sp³-hybridized carbons (Fsp3) is 0.463. The maximum absolute atomic E-state index is 13.1. The van der Waals surface area contributed by atoms with Gasteiger partial charge in [0, 0.05) is 50.5 Å². The number of likely N-dealkylation sites (tertiary alicyclic amines) is 2. The summed E-state index contributed by atoms with van der Waals surface area (Å²) in [6.45, 7) is 11.6. The highest BCUT2D eigenvalue weighted by molar-refractivity contribution is 5.98. The second kappa shape index (κ2) is 16.8. The molecule has 0 bridgehead atoms. The van der Waals surface area contributed by atoms with Crippen molar-refractivity contribution in [1.82, 2.24) is 9.80 Å². The first-order chi connectivity index (χ1) is 24.0. The number of hydrogen-bond acceptors (Lipinski definition) is 5. The van der Waals surface area contributed by atoms with Crippen LogP contribution < -0.4 is 15.5 Å². The molecule has 50 heavy (non-hydrogen) atoms. The monoisotopic (exact) mass is 679 g/mol. The summed E-state index contributed by atoms with van der Waals surface area (Å²) in [5, 5.41) is 6.07. The van der Waals surface area contributed by atoms with Crippen LogP contribution in [0.25, 0.3) is 0 Å². The van der Waals surface area contributed by atoms with Crippen molar-refractivity contribution in [1.29, 1.82) is 0 Å². The van der Waals surface area contributed by atoms with Gasteiger partial charge in [-0.2, -0.15) is 0 Å². The minimum absolute atomic E-state index is 0.0547. The number of anilines is 3. The first kappa shape index (κ1) is 36.6. The van der Waals surface area contributed by atoms with Gasteiger partial charge in [0.1, 0.15) is 12.1 Å². The number of carbonyl (C=O) groups excluding carboxylic acids is 4. The zero-order chi connectivity index (χ0) is 35.8. The number of carbonyl (C=O) groups is 4. The molecule has 0 radical (unpaired) electrons. The Morgan fingerprint density at radius 3 is 1.66 bits per heavy atom. The van der Waals surface area contributed by atoms with Crippen LogP contribution in [0.5, 0.6) is 0 Å². The maximum Gasteiger partial charge on any atom is 0.247 e. The van der Waals surface area contributed by atoms with E-state index >= 15 is 0 Å². The average Bonchev–Trinajstić information content (AvgIpc) is 3.80. The number of nitrogens with one attached hydrogen (secondary N) is 2. The van der Waals surface area contributed by atoms with Gasteiger partial charge < -0.3 is 25.3 Å². The predicted octanol–water partition coefficient (Wildman–Crippen LogP) is 7.33. The van der Waals surface area contributed by atoms with Crippen LogP contribution in [-0.4, -0.2) is 58.6 Å². The summed E-state index contributed by atoms with van der Waals surface area (Å²) < 4.78 is 0. The minimum atomic E-state index is -0.426. The van der Waals surface area contributed by atoms with Crippen LogP contribution in [0.3, 0.4) is 0 Å². The lowest BCUT2D eigenvalue weighted by molar-refractivity contribution is -0.134. The zero-order valence-corrected chi connectivity index (χ0v) is 30.3. The summed E-state index contributed by atoms with van der Waals surface area (Å²) in [6, 6.07) is 24.2. The van der Waals surface area contributed by atoms with Crippen LogP contribution in [0.4, 0.5) is 17.1 Å². The Morgan fingerprint density at radius 1 is 0.720 bits per heavy atom. The molecule has 5 rings (SSSR count). The SMILES string of the molecule is CCCc1ccc(N(Cc2ccc(NC(=O)C3CCCN3C(C)=O)cc2)C(CC(C)C)c2ccc(NC(=O)C3CCCN3C(C)=O)cc2)cc1. The van der Waals surface area contributed by atoms with E-state index < -0.39 is 12.1 Å². The van der Waals surface area contributed by atoms with E-state index in [1.165, 1.54) is 19.4 Å². The van der Waals surface area contributed by atoms with Gasteiger partial charge in [-0.1, -0.05) is 63.6 Å². The molecule has 0 aromatic heterocycles. The number of amides is 4. The molecule has 2 aliphatic heterocycles. The van der Waals surface area contributed by atoms with Gasteiger partial charge in [-0.15, -0.1) is 0 Å². The first-order valence-corrected chi connectivity index (χ1v) is 18.2. The highest BCUT2D eigenvalue weighted by Gasteiger charge is 2.33. The molecule has 266 valence electrons. The molecular weight excluding hydrogens is 626 g/mol. The fourth-order valence-electron chi connectivity index (χ4n) is 7.38. The third-order valence-electron chi connectivity index (χ3n) is 9.93. The van der Waals surface area contributed by atoms with E-state index in [0.717, 1.165) is 54.6 Å². The molecule has 2 heterocycles. The highest BCUT2D eigenvalue weighted by atomic mass is 16.2. The van der Waals surface area contributed by atoms with E-state index in [1.54, 1.807) is 9.80 Å². The molecule has 3 atom stereocenters. The number of benzene rings is 3. The van der Waals surface area contributed by atoms with Crippen LogP contribution in [-0.2, 0) is 32.1 Å². The van der Waals surface area contributed by atoms with Crippen molar-refractivity contribution in [2.24, 2.45) is 5.92 Å². The van der Waals surface area contributed by atoms with Crippen LogP contribution in [0.1, 0.15) is 95.9 Å². The van der Waals surface area contributed by atoms with Crippen LogP contribution in [0.15, 0.2) is 72.8 Å². The van der Waals surface area contributed by atoms with Gasteiger partial charge in [0.15, 0.2) is 0 Å². The minimum Gasteiger partial charge on any atom is -0.360 e. The molecule has 0 spiro atoms. The smallest absolute Gasteiger partial charge is 0.247 e. The maximum atomic E-state index is 13.1. The van der Waals surface area contributed by atoms with Crippen LogP contribution >= 0.6 is 0 Å². The third-order valence-corrected chi connectivity index (χ3v) is 9.93. The van der Waals surface area contributed by atoms with Crippen molar-refractivity contribution in [3.8, 4) is 0 Å². The summed E-state index contributed by atoms with van der Waals surface area (Å²) in [5.74, 6) is -0.000642. The van der Waals surface area contributed by atoms with Crippen molar-refractivity contribution in [2.45, 2.75) is 104 Å². The number of hydrogen-bond donors (Lipinski definition) is 2. The third kappa shape index (κ3) is 9.11. The normalized spacial score (nSPS) is 17.9. The molecule has 3 unspecified atom stereocenters. The van der Waals surface area contributed by atoms with E-state index in [2.05, 4.69) is 84.8 Å². The molecule has 2 aliphatic rings.